The summed E-state index contributed by atoms with van der Waals surface area (Å²) in [5, 5.41) is 4.04. The Morgan fingerprint density at radius 2 is 1.58 bits per heavy atom. The van der Waals surface area contributed by atoms with Gasteiger partial charge >= 0.3 is 0 Å². The largest absolute Gasteiger partial charge is 0.311 e. The molecular formula is C21H33N3. The van der Waals surface area contributed by atoms with Crippen molar-refractivity contribution in [2.75, 3.05) is 20.1 Å². The van der Waals surface area contributed by atoms with Gasteiger partial charge in [0.05, 0.1) is 0 Å². The second kappa shape index (κ2) is 7.55. The van der Waals surface area contributed by atoms with Crippen LogP contribution in [0.4, 0.5) is 0 Å². The van der Waals surface area contributed by atoms with E-state index in [1.807, 2.05) is 0 Å². The standard InChI is InChI=1S/C21H33N3/c1-23-12-10-18(11-13-23)22-19-14-20-8-5-9-21(15-19)24(20)16-17-6-3-2-4-7-17/h2-4,6-7,18-22H,5,8-16H2,1H3. The summed E-state index contributed by atoms with van der Waals surface area (Å²) in [7, 11) is 2.25. The SMILES string of the molecule is CN1CCC(NC2CC3CCCC(C2)N3Cc2ccccc2)CC1. The van der Waals surface area contributed by atoms with Crippen LogP contribution in [0.25, 0.3) is 0 Å². The van der Waals surface area contributed by atoms with E-state index in [4.69, 9.17) is 0 Å². The molecule has 3 heteroatoms. The van der Waals surface area contributed by atoms with E-state index in [-0.39, 0.29) is 0 Å². The predicted octanol–water partition coefficient (Wildman–Crippen LogP) is 3.26. The van der Waals surface area contributed by atoms with Crippen molar-refractivity contribution in [3.8, 4) is 0 Å². The van der Waals surface area contributed by atoms with Crippen molar-refractivity contribution < 1.29 is 0 Å². The lowest BCUT2D eigenvalue weighted by Crippen LogP contribution is -2.57. The van der Waals surface area contributed by atoms with Gasteiger partial charge < -0.3 is 10.2 Å². The van der Waals surface area contributed by atoms with E-state index in [9.17, 15) is 0 Å². The summed E-state index contributed by atoms with van der Waals surface area (Å²) in [5.74, 6) is 0. The first-order chi connectivity index (χ1) is 11.8. The summed E-state index contributed by atoms with van der Waals surface area (Å²) in [6.45, 7) is 3.67. The topological polar surface area (TPSA) is 18.5 Å². The summed E-state index contributed by atoms with van der Waals surface area (Å²) in [4.78, 5) is 5.29. The molecule has 1 N–H and O–H groups in total. The molecule has 2 bridgehead atoms. The Balaban J connectivity index is 1.36. The van der Waals surface area contributed by atoms with Crippen LogP contribution in [0.2, 0.25) is 0 Å². The molecule has 3 heterocycles. The minimum Gasteiger partial charge on any atom is -0.311 e. The number of rotatable bonds is 4. The molecule has 3 fully saturated rings. The second-order valence-corrected chi connectivity index (χ2v) is 8.31. The zero-order chi connectivity index (χ0) is 16.4. The van der Waals surface area contributed by atoms with Crippen molar-refractivity contribution in [3.05, 3.63) is 35.9 Å². The first-order valence-corrected chi connectivity index (χ1v) is 10.0. The molecule has 24 heavy (non-hydrogen) atoms. The molecule has 3 nitrogen and oxygen atoms in total. The maximum Gasteiger partial charge on any atom is 0.0239 e. The molecule has 0 radical (unpaired) electrons. The van der Waals surface area contributed by atoms with Crippen molar-refractivity contribution in [2.24, 2.45) is 0 Å². The zero-order valence-corrected chi connectivity index (χ0v) is 15.2. The van der Waals surface area contributed by atoms with Gasteiger partial charge in [0.1, 0.15) is 0 Å². The van der Waals surface area contributed by atoms with Crippen molar-refractivity contribution in [3.63, 3.8) is 0 Å². The van der Waals surface area contributed by atoms with Crippen LogP contribution in [0, 0.1) is 0 Å². The average molecular weight is 328 g/mol. The minimum atomic E-state index is 0.751. The van der Waals surface area contributed by atoms with Crippen LogP contribution >= 0.6 is 0 Å². The molecule has 132 valence electrons. The molecule has 0 saturated carbocycles. The lowest BCUT2D eigenvalue weighted by Gasteiger charge is -2.50. The van der Waals surface area contributed by atoms with Gasteiger partial charge in [0.15, 0.2) is 0 Å². The number of hydrogen-bond acceptors (Lipinski definition) is 3. The smallest absolute Gasteiger partial charge is 0.0239 e. The normalized spacial score (nSPS) is 32.8. The van der Waals surface area contributed by atoms with Gasteiger partial charge in [-0.25, -0.2) is 0 Å². The monoisotopic (exact) mass is 327 g/mol. The fraction of sp³-hybridized carbons (Fsp3) is 0.714. The van der Waals surface area contributed by atoms with Crippen LogP contribution in [-0.4, -0.2) is 54.1 Å². The summed E-state index contributed by atoms with van der Waals surface area (Å²) < 4.78 is 0. The van der Waals surface area contributed by atoms with Gasteiger partial charge in [0.25, 0.3) is 0 Å². The van der Waals surface area contributed by atoms with Crippen LogP contribution in [0.5, 0.6) is 0 Å². The molecule has 3 saturated heterocycles. The van der Waals surface area contributed by atoms with Gasteiger partial charge in [-0.15, -0.1) is 0 Å². The third-order valence-corrected chi connectivity index (χ3v) is 6.52. The molecule has 0 aliphatic carbocycles. The first-order valence-electron chi connectivity index (χ1n) is 10.0. The van der Waals surface area contributed by atoms with Crippen LogP contribution in [0.3, 0.4) is 0 Å². The summed E-state index contributed by atoms with van der Waals surface area (Å²) in [6, 6.07) is 14.2. The Morgan fingerprint density at radius 3 is 2.25 bits per heavy atom. The summed E-state index contributed by atoms with van der Waals surface area (Å²) in [5.41, 5.74) is 1.48. The second-order valence-electron chi connectivity index (χ2n) is 8.31. The van der Waals surface area contributed by atoms with Gasteiger partial charge in [-0.1, -0.05) is 36.8 Å². The Hall–Kier alpha value is -0.900. The molecule has 2 unspecified atom stereocenters. The van der Waals surface area contributed by atoms with Crippen LogP contribution in [0.15, 0.2) is 30.3 Å². The highest BCUT2D eigenvalue weighted by atomic mass is 15.2. The molecule has 0 amide bonds. The number of fused-ring (bicyclic) bond motifs is 2. The Morgan fingerprint density at radius 1 is 0.917 bits per heavy atom. The van der Waals surface area contributed by atoms with Crippen LogP contribution < -0.4 is 5.32 Å². The molecule has 2 atom stereocenters. The van der Waals surface area contributed by atoms with E-state index < -0.39 is 0 Å². The summed E-state index contributed by atoms with van der Waals surface area (Å²) in [6.07, 6.45) is 9.60. The Bertz CT molecular complexity index is 495. The number of benzene rings is 1. The van der Waals surface area contributed by atoms with Crippen LogP contribution in [0.1, 0.15) is 50.5 Å². The fourth-order valence-corrected chi connectivity index (χ4v) is 5.18. The number of likely N-dealkylation sites (tertiary alicyclic amines) is 1. The van der Waals surface area contributed by atoms with E-state index in [2.05, 4.69) is 52.5 Å². The quantitative estimate of drug-likeness (QED) is 0.916. The van der Waals surface area contributed by atoms with Crippen molar-refractivity contribution in [1.82, 2.24) is 15.1 Å². The molecule has 3 aliphatic heterocycles. The highest BCUT2D eigenvalue weighted by molar-refractivity contribution is 5.15. The molecular weight excluding hydrogens is 294 g/mol. The highest BCUT2D eigenvalue weighted by Crippen LogP contribution is 2.35. The first kappa shape index (κ1) is 16.6. The maximum absolute atomic E-state index is 4.04. The van der Waals surface area contributed by atoms with Crippen molar-refractivity contribution >= 4 is 0 Å². The average Bonchev–Trinajstić information content (AvgIpc) is 2.58. The predicted molar refractivity (Wildman–Crippen MR) is 100 cm³/mol. The number of nitrogens with zero attached hydrogens (tertiary/aromatic N) is 2. The Kier molecular flexibility index (Phi) is 5.21. The van der Waals surface area contributed by atoms with Crippen molar-refractivity contribution in [2.45, 2.75) is 75.7 Å². The number of nitrogens with one attached hydrogen (secondary N) is 1. The van der Waals surface area contributed by atoms with Crippen molar-refractivity contribution in [1.29, 1.82) is 0 Å². The zero-order valence-electron chi connectivity index (χ0n) is 15.2. The number of piperidine rings is 3. The molecule has 1 aromatic carbocycles. The van der Waals surface area contributed by atoms with E-state index >= 15 is 0 Å². The fourth-order valence-electron chi connectivity index (χ4n) is 5.18. The lowest BCUT2D eigenvalue weighted by atomic mass is 9.81. The van der Waals surface area contributed by atoms with Gasteiger partial charge in [0, 0.05) is 30.7 Å². The highest BCUT2D eigenvalue weighted by Gasteiger charge is 2.38. The lowest BCUT2D eigenvalue weighted by molar-refractivity contribution is 0.0138. The minimum absolute atomic E-state index is 0.751. The summed E-state index contributed by atoms with van der Waals surface area (Å²) >= 11 is 0. The van der Waals surface area contributed by atoms with Crippen LogP contribution in [-0.2, 0) is 6.54 Å². The van der Waals surface area contributed by atoms with Gasteiger partial charge in [-0.05, 0) is 64.2 Å². The number of hydrogen-bond donors (Lipinski definition) is 1. The van der Waals surface area contributed by atoms with Gasteiger partial charge in [-0.2, -0.15) is 0 Å². The van der Waals surface area contributed by atoms with Gasteiger partial charge in [0.2, 0.25) is 0 Å². The molecule has 0 spiro atoms. The molecule has 4 rings (SSSR count). The molecule has 0 aromatic heterocycles. The molecule has 1 aromatic rings. The van der Waals surface area contributed by atoms with E-state index in [0.717, 1.165) is 30.7 Å². The third kappa shape index (κ3) is 3.84. The Labute approximate surface area is 147 Å². The molecule has 3 aliphatic rings. The van der Waals surface area contributed by atoms with E-state index in [0.29, 0.717) is 0 Å². The van der Waals surface area contributed by atoms with Gasteiger partial charge in [-0.3, -0.25) is 4.90 Å². The third-order valence-electron chi connectivity index (χ3n) is 6.52. The van der Waals surface area contributed by atoms with E-state index in [1.165, 1.54) is 63.6 Å². The maximum atomic E-state index is 4.04. The van der Waals surface area contributed by atoms with E-state index in [1.54, 1.807) is 0 Å².